The van der Waals surface area contributed by atoms with E-state index in [9.17, 15) is 0 Å². The molecule has 1 fully saturated rings. The number of hydrogen-bond acceptors (Lipinski definition) is 4. The molecule has 0 atom stereocenters. The van der Waals surface area contributed by atoms with Gasteiger partial charge >= 0.3 is 0 Å². The molecular weight excluding hydrogens is 377 g/mol. The number of rotatable bonds is 4. The largest absolute Gasteiger partial charge is 0.308 e. The van der Waals surface area contributed by atoms with Gasteiger partial charge in [-0.1, -0.05) is 13.8 Å². The van der Waals surface area contributed by atoms with E-state index in [2.05, 4.69) is 53.8 Å². The Labute approximate surface area is 138 Å². The first-order valence-corrected chi connectivity index (χ1v) is 8.33. The van der Waals surface area contributed by atoms with Gasteiger partial charge in [0.15, 0.2) is 0 Å². The summed E-state index contributed by atoms with van der Waals surface area (Å²) in [5.74, 6) is 7.42. The van der Waals surface area contributed by atoms with Gasteiger partial charge in [0.2, 0.25) is 0 Å². The molecule has 1 aliphatic rings. The van der Waals surface area contributed by atoms with Gasteiger partial charge in [0.1, 0.15) is 9.52 Å². The van der Waals surface area contributed by atoms with Crippen molar-refractivity contribution in [3.63, 3.8) is 0 Å². The number of nitrogens with two attached hydrogens (primary N) is 1. The molecule has 0 aliphatic heterocycles. The molecule has 0 radical (unpaired) electrons. The van der Waals surface area contributed by atoms with E-state index in [1.807, 2.05) is 10.7 Å². The van der Waals surface area contributed by atoms with Gasteiger partial charge in [0.05, 0.1) is 5.69 Å². The standard InChI is InChI=1S/C15H20IN5/c1-8(2)12-9(3)21(20-14(12)16)11-6-7-18-15(19-17)13(11)10-4-5-10/h6-8,10H,4-5,17H2,1-3H3,(H,18,19). The van der Waals surface area contributed by atoms with Crippen LogP contribution in [0.25, 0.3) is 5.69 Å². The number of pyridine rings is 1. The van der Waals surface area contributed by atoms with Crippen molar-refractivity contribution in [2.24, 2.45) is 5.84 Å². The zero-order valence-corrected chi connectivity index (χ0v) is 14.7. The van der Waals surface area contributed by atoms with Crippen molar-refractivity contribution in [1.82, 2.24) is 14.8 Å². The van der Waals surface area contributed by atoms with Crippen molar-refractivity contribution in [3.05, 3.63) is 32.8 Å². The summed E-state index contributed by atoms with van der Waals surface area (Å²) in [4.78, 5) is 4.36. The lowest BCUT2D eigenvalue weighted by atomic mass is 10.0. The molecule has 6 heteroatoms. The summed E-state index contributed by atoms with van der Waals surface area (Å²) in [7, 11) is 0. The Kier molecular flexibility index (Phi) is 3.92. The smallest absolute Gasteiger partial charge is 0.145 e. The molecule has 0 amide bonds. The Morgan fingerprint density at radius 1 is 1.43 bits per heavy atom. The molecule has 21 heavy (non-hydrogen) atoms. The summed E-state index contributed by atoms with van der Waals surface area (Å²) < 4.78 is 3.12. The molecule has 1 saturated carbocycles. The quantitative estimate of drug-likeness (QED) is 0.471. The molecule has 3 N–H and O–H groups in total. The first kappa shape index (κ1) is 14.8. The topological polar surface area (TPSA) is 68.8 Å². The van der Waals surface area contributed by atoms with Crippen LogP contribution >= 0.6 is 22.6 Å². The average Bonchev–Trinajstić information content (AvgIpc) is 3.23. The number of nitrogens with zero attached hydrogens (tertiary/aromatic N) is 3. The van der Waals surface area contributed by atoms with Crippen LogP contribution in [0.4, 0.5) is 5.82 Å². The van der Waals surface area contributed by atoms with E-state index in [-0.39, 0.29) is 0 Å². The predicted molar refractivity (Wildman–Crippen MR) is 92.7 cm³/mol. The van der Waals surface area contributed by atoms with Crippen molar-refractivity contribution >= 4 is 28.4 Å². The van der Waals surface area contributed by atoms with Crippen molar-refractivity contribution in [2.75, 3.05) is 5.43 Å². The molecule has 0 spiro atoms. The lowest BCUT2D eigenvalue weighted by molar-refractivity contribution is 0.809. The lowest BCUT2D eigenvalue weighted by Gasteiger charge is -2.14. The highest BCUT2D eigenvalue weighted by Gasteiger charge is 2.31. The molecule has 2 heterocycles. The van der Waals surface area contributed by atoms with E-state index in [0.29, 0.717) is 11.8 Å². The summed E-state index contributed by atoms with van der Waals surface area (Å²) in [5.41, 5.74) is 7.54. The summed E-state index contributed by atoms with van der Waals surface area (Å²) in [6.45, 7) is 6.55. The number of hydrogen-bond donors (Lipinski definition) is 2. The molecular formula is C15H20IN5. The number of halogens is 1. The molecule has 112 valence electrons. The van der Waals surface area contributed by atoms with Crippen LogP contribution in [0, 0.1) is 10.6 Å². The van der Waals surface area contributed by atoms with Gasteiger partial charge in [-0.05, 0) is 60.3 Å². The van der Waals surface area contributed by atoms with Crippen LogP contribution in [0.15, 0.2) is 12.3 Å². The number of aromatic nitrogens is 3. The fourth-order valence-electron chi connectivity index (χ4n) is 2.91. The van der Waals surface area contributed by atoms with E-state index in [1.54, 1.807) is 6.20 Å². The Balaban J connectivity index is 2.19. The van der Waals surface area contributed by atoms with Crippen LogP contribution in [0.2, 0.25) is 0 Å². The van der Waals surface area contributed by atoms with Crippen molar-refractivity contribution in [1.29, 1.82) is 0 Å². The number of nitrogens with one attached hydrogen (secondary N) is 1. The van der Waals surface area contributed by atoms with Crippen LogP contribution < -0.4 is 11.3 Å². The summed E-state index contributed by atoms with van der Waals surface area (Å²) in [6, 6.07) is 2.04. The highest BCUT2D eigenvalue weighted by atomic mass is 127. The summed E-state index contributed by atoms with van der Waals surface area (Å²) in [5, 5.41) is 4.75. The minimum Gasteiger partial charge on any atom is -0.308 e. The third kappa shape index (κ3) is 2.55. The van der Waals surface area contributed by atoms with Gasteiger partial charge in [-0.25, -0.2) is 15.5 Å². The summed E-state index contributed by atoms with van der Waals surface area (Å²) >= 11 is 2.32. The fourth-order valence-corrected chi connectivity index (χ4v) is 4.14. The molecule has 2 aromatic heterocycles. The van der Waals surface area contributed by atoms with Crippen LogP contribution in [0.5, 0.6) is 0 Å². The number of hydrazine groups is 1. The molecule has 5 nitrogen and oxygen atoms in total. The van der Waals surface area contributed by atoms with E-state index in [0.717, 1.165) is 15.2 Å². The summed E-state index contributed by atoms with van der Waals surface area (Å²) in [6.07, 6.45) is 4.18. The van der Waals surface area contributed by atoms with Gasteiger partial charge < -0.3 is 5.43 Å². The Morgan fingerprint density at radius 3 is 2.67 bits per heavy atom. The normalized spacial score (nSPS) is 14.8. The zero-order valence-electron chi connectivity index (χ0n) is 12.5. The van der Waals surface area contributed by atoms with Gasteiger partial charge in [-0.15, -0.1) is 0 Å². The SMILES string of the molecule is Cc1c(C(C)C)c(I)nn1-c1ccnc(NN)c1C1CC1. The molecule has 0 aromatic carbocycles. The third-order valence-corrected chi connectivity index (χ3v) is 4.81. The Morgan fingerprint density at radius 2 is 2.14 bits per heavy atom. The zero-order chi connectivity index (χ0) is 15.1. The van der Waals surface area contributed by atoms with E-state index in [4.69, 9.17) is 10.9 Å². The molecule has 0 unspecified atom stereocenters. The fraction of sp³-hybridized carbons (Fsp3) is 0.467. The predicted octanol–water partition coefficient (Wildman–Crippen LogP) is 3.47. The second kappa shape index (κ2) is 5.57. The molecule has 0 bridgehead atoms. The molecule has 1 aliphatic carbocycles. The number of anilines is 1. The van der Waals surface area contributed by atoms with Gasteiger partial charge in [-0.2, -0.15) is 5.10 Å². The van der Waals surface area contributed by atoms with E-state index in [1.165, 1.54) is 29.7 Å². The van der Waals surface area contributed by atoms with E-state index < -0.39 is 0 Å². The molecule has 2 aromatic rings. The average molecular weight is 397 g/mol. The highest BCUT2D eigenvalue weighted by molar-refractivity contribution is 14.1. The number of nitrogen functional groups attached to an aromatic ring is 1. The minimum absolute atomic E-state index is 0.462. The van der Waals surface area contributed by atoms with Crippen LogP contribution in [0.3, 0.4) is 0 Å². The van der Waals surface area contributed by atoms with Crippen molar-refractivity contribution in [3.8, 4) is 5.69 Å². The molecule has 0 saturated heterocycles. The maximum Gasteiger partial charge on any atom is 0.145 e. The second-order valence-electron chi connectivity index (χ2n) is 5.87. The first-order valence-electron chi connectivity index (χ1n) is 7.25. The van der Waals surface area contributed by atoms with Crippen LogP contribution in [0.1, 0.15) is 55.3 Å². The van der Waals surface area contributed by atoms with Gasteiger partial charge in [-0.3, -0.25) is 0 Å². The second-order valence-corrected chi connectivity index (χ2v) is 6.89. The maximum absolute atomic E-state index is 5.64. The van der Waals surface area contributed by atoms with Crippen LogP contribution in [-0.4, -0.2) is 14.8 Å². The lowest BCUT2D eigenvalue weighted by Crippen LogP contribution is -2.13. The van der Waals surface area contributed by atoms with Gasteiger partial charge in [0, 0.05) is 23.0 Å². The Bertz CT molecular complexity index is 673. The van der Waals surface area contributed by atoms with Crippen molar-refractivity contribution in [2.45, 2.75) is 45.4 Å². The third-order valence-electron chi connectivity index (χ3n) is 4.01. The van der Waals surface area contributed by atoms with Gasteiger partial charge in [0.25, 0.3) is 0 Å². The van der Waals surface area contributed by atoms with Crippen molar-refractivity contribution < 1.29 is 0 Å². The Hall–Kier alpha value is -1.15. The maximum atomic E-state index is 5.64. The monoisotopic (exact) mass is 397 g/mol. The van der Waals surface area contributed by atoms with Crippen LogP contribution in [-0.2, 0) is 0 Å². The highest BCUT2D eigenvalue weighted by Crippen LogP contribution is 2.45. The first-order chi connectivity index (χ1) is 10.0. The van der Waals surface area contributed by atoms with E-state index >= 15 is 0 Å². The molecule has 3 rings (SSSR count). The minimum atomic E-state index is 0.462.